The average Bonchev–Trinajstić information content (AvgIpc) is 2.51. The summed E-state index contributed by atoms with van der Waals surface area (Å²) in [6.07, 6.45) is 0. The fraction of sp³-hybridized carbons (Fsp3) is 0.364. The molecule has 0 aromatic carbocycles. The maximum absolute atomic E-state index is 5.73. The highest BCUT2D eigenvalue weighted by Gasteiger charge is 2.18. The van der Waals surface area contributed by atoms with Gasteiger partial charge in [-0.1, -0.05) is 0 Å². The molecule has 0 fully saturated rings. The predicted molar refractivity (Wildman–Crippen MR) is 64.7 cm³/mol. The van der Waals surface area contributed by atoms with Crippen LogP contribution in [0.5, 0.6) is 5.88 Å². The number of anilines is 1. The van der Waals surface area contributed by atoms with Crippen LogP contribution in [0.4, 0.5) is 5.82 Å². The van der Waals surface area contributed by atoms with Crippen molar-refractivity contribution >= 4 is 5.82 Å². The van der Waals surface area contributed by atoms with Gasteiger partial charge in [0, 0.05) is 18.8 Å². The highest BCUT2D eigenvalue weighted by molar-refractivity contribution is 5.66. The molecule has 17 heavy (non-hydrogen) atoms. The summed E-state index contributed by atoms with van der Waals surface area (Å²) in [5, 5.41) is 4.29. The number of ether oxygens (including phenoxy) is 1. The van der Waals surface area contributed by atoms with Crippen LogP contribution in [-0.4, -0.2) is 26.9 Å². The lowest BCUT2D eigenvalue weighted by molar-refractivity contribution is 0.374. The minimum Gasteiger partial charge on any atom is -0.481 e. The Morgan fingerprint density at radius 1 is 1.29 bits per heavy atom. The van der Waals surface area contributed by atoms with Gasteiger partial charge in [-0.25, -0.2) is 14.6 Å². The summed E-state index contributed by atoms with van der Waals surface area (Å²) in [5.74, 6) is 1.62. The van der Waals surface area contributed by atoms with Crippen molar-refractivity contribution in [1.29, 1.82) is 0 Å². The quantitative estimate of drug-likeness (QED) is 0.839. The molecule has 6 nitrogen and oxygen atoms in total. The van der Waals surface area contributed by atoms with Gasteiger partial charge in [-0.05, 0) is 13.8 Å². The van der Waals surface area contributed by atoms with Crippen molar-refractivity contribution < 1.29 is 4.74 Å². The van der Waals surface area contributed by atoms with Crippen LogP contribution in [0.2, 0.25) is 0 Å². The molecule has 2 aromatic rings. The molecular weight excluding hydrogens is 218 g/mol. The maximum Gasteiger partial charge on any atom is 0.222 e. The lowest BCUT2D eigenvalue weighted by atomic mass is 10.2. The largest absolute Gasteiger partial charge is 0.481 e. The van der Waals surface area contributed by atoms with Crippen molar-refractivity contribution in [3.63, 3.8) is 0 Å². The number of aryl methyl sites for hydroxylation is 3. The number of hydrogen-bond acceptors (Lipinski definition) is 5. The first-order valence-corrected chi connectivity index (χ1v) is 5.22. The molecule has 0 unspecified atom stereocenters. The van der Waals surface area contributed by atoms with Gasteiger partial charge >= 0.3 is 0 Å². The first kappa shape index (κ1) is 11.4. The Morgan fingerprint density at radius 2 is 2.00 bits per heavy atom. The summed E-state index contributed by atoms with van der Waals surface area (Å²) in [5.41, 5.74) is 8.14. The van der Waals surface area contributed by atoms with E-state index >= 15 is 0 Å². The average molecular weight is 233 g/mol. The number of nitrogens with zero attached hydrogens (tertiary/aromatic N) is 4. The van der Waals surface area contributed by atoms with Gasteiger partial charge < -0.3 is 10.5 Å². The number of methoxy groups -OCH3 is 1. The van der Waals surface area contributed by atoms with Gasteiger partial charge in [0.2, 0.25) is 5.88 Å². The van der Waals surface area contributed by atoms with Crippen molar-refractivity contribution in [3.05, 3.63) is 17.5 Å². The fourth-order valence-corrected chi connectivity index (χ4v) is 1.83. The lowest BCUT2D eigenvalue weighted by Gasteiger charge is -2.05. The molecule has 0 spiro atoms. The molecule has 0 bridgehead atoms. The van der Waals surface area contributed by atoms with E-state index in [9.17, 15) is 0 Å². The summed E-state index contributed by atoms with van der Waals surface area (Å²) in [6, 6.07) is 1.72. The number of hydrogen-bond donors (Lipinski definition) is 1. The van der Waals surface area contributed by atoms with Crippen LogP contribution in [0.1, 0.15) is 11.4 Å². The zero-order valence-corrected chi connectivity index (χ0v) is 10.4. The molecule has 0 aliphatic heterocycles. The molecule has 0 radical (unpaired) electrons. The number of aromatic nitrogens is 4. The van der Waals surface area contributed by atoms with Gasteiger partial charge in [-0.15, -0.1) is 0 Å². The van der Waals surface area contributed by atoms with E-state index in [-0.39, 0.29) is 0 Å². The Morgan fingerprint density at radius 3 is 2.59 bits per heavy atom. The zero-order chi connectivity index (χ0) is 12.6. The maximum atomic E-state index is 5.73. The van der Waals surface area contributed by atoms with E-state index in [0.29, 0.717) is 17.5 Å². The first-order valence-electron chi connectivity index (χ1n) is 5.22. The molecule has 0 atom stereocenters. The second-order valence-corrected chi connectivity index (χ2v) is 3.85. The van der Waals surface area contributed by atoms with Gasteiger partial charge in [0.1, 0.15) is 11.4 Å². The standard InChI is InChI=1S/C11H15N5O/c1-6-5-8(12)14-10(13-6)9-7(2)15-16(3)11(9)17-4/h5H,1-4H3,(H2,12,13,14). The van der Waals surface area contributed by atoms with Crippen molar-refractivity contribution in [3.8, 4) is 17.3 Å². The highest BCUT2D eigenvalue weighted by atomic mass is 16.5. The molecular formula is C11H15N5O. The summed E-state index contributed by atoms with van der Waals surface area (Å²) < 4.78 is 6.97. The fourth-order valence-electron chi connectivity index (χ4n) is 1.83. The van der Waals surface area contributed by atoms with E-state index < -0.39 is 0 Å². The molecule has 0 saturated carbocycles. The van der Waals surface area contributed by atoms with E-state index in [1.165, 1.54) is 0 Å². The van der Waals surface area contributed by atoms with Crippen LogP contribution in [0.15, 0.2) is 6.07 Å². The minimum atomic E-state index is 0.442. The second kappa shape index (κ2) is 4.04. The van der Waals surface area contributed by atoms with Crippen molar-refractivity contribution in [2.24, 2.45) is 7.05 Å². The number of rotatable bonds is 2. The highest BCUT2D eigenvalue weighted by Crippen LogP contribution is 2.30. The minimum absolute atomic E-state index is 0.442. The molecule has 90 valence electrons. The monoisotopic (exact) mass is 233 g/mol. The van der Waals surface area contributed by atoms with Crippen LogP contribution < -0.4 is 10.5 Å². The third-order valence-electron chi connectivity index (χ3n) is 2.46. The Kier molecular flexibility index (Phi) is 2.71. The van der Waals surface area contributed by atoms with Crippen LogP contribution in [0, 0.1) is 13.8 Å². The van der Waals surface area contributed by atoms with Crippen molar-refractivity contribution in [2.75, 3.05) is 12.8 Å². The van der Waals surface area contributed by atoms with Gasteiger partial charge in [0.15, 0.2) is 5.82 Å². The van der Waals surface area contributed by atoms with Crippen LogP contribution in [0.3, 0.4) is 0 Å². The van der Waals surface area contributed by atoms with E-state index in [4.69, 9.17) is 10.5 Å². The van der Waals surface area contributed by atoms with Gasteiger partial charge in [-0.3, -0.25) is 0 Å². The Bertz CT molecular complexity index is 541. The molecule has 0 saturated heterocycles. The second-order valence-electron chi connectivity index (χ2n) is 3.85. The summed E-state index contributed by atoms with van der Waals surface area (Å²) >= 11 is 0. The molecule has 2 N–H and O–H groups in total. The molecule has 2 heterocycles. The predicted octanol–water partition coefficient (Wildman–Crippen LogP) is 1.08. The van der Waals surface area contributed by atoms with Gasteiger partial charge in [0.25, 0.3) is 0 Å². The van der Waals surface area contributed by atoms with Crippen LogP contribution in [-0.2, 0) is 7.05 Å². The van der Waals surface area contributed by atoms with E-state index in [1.807, 2.05) is 20.9 Å². The Balaban J connectivity index is 2.67. The Labute approximate surface area is 99.4 Å². The lowest BCUT2D eigenvalue weighted by Crippen LogP contribution is -2.00. The smallest absolute Gasteiger partial charge is 0.222 e. The van der Waals surface area contributed by atoms with E-state index in [2.05, 4.69) is 15.1 Å². The molecule has 0 amide bonds. The summed E-state index contributed by atoms with van der Waals surface area (Å²) in [7, 11) is 3.41. The van der Waals surface area contributed by atoms with Gasteiger partial charge in [0.05, 0.1) is 12.8 Å². The first-order chi connectivity index (χ1) is 8.02. The topological polar surface area (TPSA) is 78.8 Å². The van der Waals surface area contributed by atoms with Crippen molar-refractivity contribution in [1.82, 2.24) is 19.7 Å². The third-order valence-corrected chi connectivity index (χ3v) is 2.46. The summed E-state index contributed by atoms with van der Waals surface area (Å²) in [4.78, 5) is 8.58. The third kappa shape index (κ3) is 1.93. The van der Waals surface area contributed by atoms with Crippen LogP contribution in [0.25, 0.3) is 11.4 Å². The number of nitrogen functional groups attached to an aromatic ring is 1. The number of nitrogens with two attached hydrogens (primary N) is 1. The van der Waals surface area contributed by atoms with E-state index in [0.717, 1.165) is 17.0 Å². The zero-order valence-electron chi connectivity index (χ0n) is 10.4. The molecule has 2 aromatic heterocycles. The molecule has 0 aliphatic carbocycles. The Hall–Kier alpha value is -2.11. The SMILES string of the molecule is COc1c(-c2nc(C)cc(N)n2)c(C)nn1C. The van der Waals surface area contributed by atoms with Crippen molar-refractivity contribution in [2.45, 2.75) is 13.8 Å². The van der Waals surface area contributed by atoms with E-state index in [1.54, 1.807) is 17.9 Å². The summed E-state index contributed by atoms with van der Waals surface area (Å²) in [6.45, 7) is 3.76. The molecule has 0 aliphatic rings. The normalized spacial score (nSPS) is 10.6. The molecule has 2 rings (SSSR count). The van der Waals surface area contributed by atoms with Crippen LogP contribution >= 0.6 is 0 Å². The molecule has 6 heteroatoms. The van der Waals surface area contributed by atoms with Gasteiger partial charge in [-0.2, -0.15) is 5.10 Å².